The Morgan fingerprint density at radius 3 is 2.77 bits per heavy atom. The largest absolute Gasteiger partial charge is 0.313 e. The summed E-state index contributed by atoms with van der Waals surface area (Å²) in [6.07, 6.45) is 7.27. The topological polar surface area (TPSA) is 12.0 Å². The summed E-state index contributed by atoms with van der Waals surface area (Å²) in [5, 5.41) is 4.68. The molecule has 2 aliphatic carbocycles. The van der Waals surface area contributed by atoms with Gasteiger partial charge >= 0.3 is 0 Å². The minimum Gasteiger partial charge on any atom is -0.313 e. The first-order valence-corrected chi connectivity index (χ1v) is 6.80. The van der Waals surface area contributed by atoms with Gasteiger partial charge in [0.1, 0.15) is 0 Å². The summed E-state index contributed by atoms with van der Waals surface area (Å²) < 4.78 is 0. The molecule has 0 saturated heterocycles. The lowest BCUT2D eigenvalue weighted by atomic mass is 10.2. The summed E-state index contributed by atoms with van der Waals surface area (Å²) in [5.74, 6) is 2.32. The molecule has 0 aromatic heterocycles. The van der Waals surface area contributed by atoms with Gasteiger partial charge in [0.15, 0.2) is 0 Å². The van der Waals surface area contributed by atoms with E-state index in [0.29, 0.717) is 0 Å². The number of hydrogen-bond acceptors (Lipinski definition) is 2. The molecular formula is C11H21NS. The van der Waals surface area contributed by atoms with E-state index in [1.54, 1.807) is 0 Å². The molecule has 1 nitrogen and oxygen atoms in total. The van der Waals surface area contributed by atoms with Crippen LogP contribution in [0.5, 0.6) is 0 Å². The fourth-order valence-electron chi connectivity index (χ4n) is 2.21. The minimum atomic E-state index is 0.838. The Balaban J connectivity index is 1.68. The van der Waals surface area contributed by atoms with E-state index in [1.807, 2.05) is 0 Å². The van der Waals surface area contributed by atoms with Crippen LogP contribution in [-0.4, -0.2) is 23.6 Å². The van der Waals surface area contributed by atoms with E-state index in [1.165, 1.54) is 44.4 Å². The van der Waals surface area contributed by atoms with Crippen LogP contribution in [0.25, 0.3) is 0 Å². The maximum atomic E-state index is 3.76. The molecular weight excluding hydrogens is 178 g/mol. The van der Waals surface area contributed by atoms with Crippen molar-refractivity contribution in [2.45, 2.75) is 50.3 Å². The zero-order chi connectivity index (χ0) is 9.10. The maximum absolute atomic E-state index is 3.76. The van der Waals surface area contributed by atoms with E-state index >= 15 is 0 Å². The van der Waals surface area contributed by atoms with Gasteiger partial charge in [-0.05, 0) is 43.9 Å². The lowest BCUT2D eigenvalue weighted by molar-refractivity contribution is 0.514. The van der Waals surface area contributed by atoms with E-state index in [0.717, 1.165) is 17.2 Å². The molecule has 0 aromatic rings. The van der Waals surface area contributed by atoms with Crippen molar-refractivity contribution in [3.63, 3.8) is 0 Å². The third-order valence-electron chi connectivity index (χ3n) is 3.20. The Labute approximate surface area is 86.0 Å². The average molecular weight is 199 g/mol. The predicted octanol–water partition coefficient (Wildman–Crippen LogP) is 2.66. The van der Waals surface area contributed by atoms with Gasteiger partial charge in [-0.1, -0.05) is 13.3 Å². The summed E-state index contributed by atoms with van der Waals surface area (Å²) in [4.78, 5) is 0. The first kappa shape index (κ1) is 9.85. The van der Waals surface area contributed by atoms with Crippen molar-refractivity contribution in [3.8, 4) is 0 Å². The molecule has 0 spiro atoms. The first-order valence-electron chi connectivity index (χ1n) is 5.75. The summed E-state index contributed by atoms with van der Waals surface area (Å²) >= 11 is 2.16. The quantitative estimate of drug-likeness (QED) is 0.730. The zero-order valence-corrected chi connectivity index (χ0v) is 9.41. The highest BCUT2D eigenvalue weighted by Crippen LogP contribution is 2.32. The highest BCUT2D eigenvalue weighted by Gasteiger charge is 2.29. The lowest BCUT2D eigenvalue weighted by Crippen LogP contribution is -2.35. The van der Waals surface area contributed by atoms with Crippen molar-refractivity contribution in [2.75, 3.05) is 12.3 Å². The second-order valence-electron chi connectivity index (χ2n) is 4.38. The van der Waals surface area contributed by atoms with Crippen LogP contribution in [-0.2, 0) is 0 Å². The number of hydrogen-bond donors (Lipinski definition) is 1. The highest BCUT2D eigenvalue weighted by molar-refractivity contribution is 7.99. The smallest absolute Gasteiger partial charge is 0.0201 e. The van der Waals surface area contributed by atoms with E-state index in [9.17, 15) is 0 Å². The molecule has 76 valence electrons. The molecule has 1 N–H and O–H groups in total. The number of thioether (sulfide) groups is 1. The van der Waals surface area contributed by atoms with Gasteiger partial charge < -0.3 is 5.32 Å². The Bertz CT molecular complexity index is 156. The van der Waals surface area contributed by atoms with Crippen molar-refractivity contribution in [2.24, 2.45) is 5.92 Å². The highest BCUT2D eigenvalue weighted by atomic mass is 32.2. The van der Waals surface area contributed by atoms with Gasteiger partial charge in [-0.2, -0.15) is 11.8 Å². The number of nitrogens with one attached hydrogen (secondary N) is 1. The predicted molar refractivity (Wildman–Crippen MR) is 60.3 cm³/mol. The van der Waals surface area contributed by atoms with Crippen LogP contribution in [0.15, 0.2) is 0 Å². The van der Waals surface area contributed by atoms with Crippen molar-refractivity contribution in [3.05, 3.63) is 0 Å². The molecule has 2 unspecified atom stereocenters. The zero-order valence-electron chi connectivity index (χ0n) is 8.59. The van der Waals surface area contributed by atoms with E-state index in [2.05, 4.69) is 24.0 Å². The Hall–Kier alpha value is 0.310. The Morgan fingerprint density at radius 2 is 2.08 bits per heavy atom. The summed E-state index contributed by atoms with van der Waals surface area (Å²) in [7, 11) is 0. The Morgan fingerprint density at radius 1 is 1.23 bits per heavy atom. The van der Waals surface area contributed by atoms with Gasteiger partial charge in [-0.3, -0.25) is 0 Å². The summed E-state index contributed by atoms with van der Waals surface area (Å²) in [6.45, 7) is 3.58. The van der Waals surface area contributed by atoms with Gasteiger partial charge in [0.2, 0.25) is 0 Å². The lowest BCUT2D eigenvalue weighted by Gasteiger charge is -2.19. The molecule has 0 bridgehead atoms. The van der Waals surface area contributed by atoms with Crippen LogP contribution in [0.2, 0.25) is 0 Å². The molecule has 2 saturated carbocycles. The van der Waals surface area contributed by atoms with Gasteiger partial charge in [-0.25, -0.2) is 0 Å². The molecule has 0 amide bonds. The average Bonchev–Trinajstić information content (AvgIpc) is 2.86. The fraction of sp³-hybridized carbons (Fsp3) is 1.00. The fourth-order valence-corrected chi connectivity index (χ4v) is 3.44. The minimum absolute atomic E-state index is 0.838. The van der Waals surface area contributed by atoms with E-state index in [4.69, 9.17) is 0 Å². The monoisotopic (exact) mass is 199 g/mol. The van der Waals surface area contributed by atoms with Gasteiger partial charge in [-0.15, -0.1) is 0 Å². The molecule has 2 atom stereocenters. The maximum Gasteiger partial charge on any atom is 0.0201 e. The summed E-state index contributed by atoms with van der Waals surface area (Å²) in [5.41, 5.74) is 0. The molecule has 0 aliphatic heterocycles. The van der Waals surface area contributed by atoms with Gasteiger partial charge in [0.25, 0.3) is 0 Å². The van der Waals surface area contributed by atoms with E-state index < -0.39 is 0 Å². The van der Waals surface area contributed by atoms with Crippen molar-refractivity contribution < 1.29 is 0 Å². The van der Waals surface area contributed by atoms with Crippen LogP contribution >= 0.6 is 11.8 Å². The molecule has 2 rings (SSSR count). The van der Waals surface area contributed by atoms with Crippen LogP contribution in [0, 0.1) is 5.92 Å². The molecule has 2 heteroatoms. The standard InChI is InChI=1S/C11H21NS/c1-2-13-11-5-3-4-10(11)12-8-9-6-7-9/h9-12H,2-8H2,1H3. The molecule has 13 heavy (non-hydrogen) atoms. The van der Waals surface area contributed by atoms with E-state index in [-0.39, 0.29) is 0 Å². The van der Waals surface area contributed by atoms with Crippen molar-refractivity contribution >= 4 is 11.8 Å². The third kappa shape index (κ3) is 2.88. The van der Waals surface area contributed by atoms with Crippen LogP contribution in [0.1, 0.15) is 39.0 Å². The third-order valence-corrected chi connectivity index (χ3v) is 4.52. The summed E-state index contributed by atoms with van der Waals surface area (Å²) in [6, 6.07) is 0.838. The molecule has 0 aromatic carbocycles. The van der Waals surface area contributed by atoms with Gasteiger partial charge in [0, 0.05) is 11.3 Å². The SMILES string of the molecule is CCSC1CCCC1NCC1CC1. The first-order chi connectivity index (χ1) is 6.40. The van der Waals surface area contributed by atoms with Crippen molar-refractivity contribution in [1.29, 1.82) is 0 Å². The molecule has 2 aliphatic rings. The number of rotatable bonds is 5. The molecule has 0 radical (unpaired) electrons. The molecule has 0 heterocycles. The second-order valence-corrected chi connectivity index (χ2v) is 5.90. The Kier molecular flexibility index (Phi) is 3.56. The van der Waals surface area contributed by atoms with Gasteiger partial charge in [0.05, 0.1) is 0 Å². The van der Waals surface area contributed by atoms with Crippen LogP contribution < -0.4 is 5.32 Å². The normalized spacial score (nSPS) is 33.9. The van der Waals surface area contributed by atoms with Crippen LogP contribution in [0.4, 0.5) is 0 Å². The van der Waals surface area contributed by atoms with Crippen LogP contribution in [0.3, 0.4) is 0 Å². The van der Waals surface area contributed by atoms with Crippen molar-refractivity contribution in [1.82, 2.24) is 5.32 Å². The molecule has 2 fully saturated rings. The second kappa shape index (κ2) is 4.70.